The highest BCUT2D eigenvalue weighted by Gasteiger charge is 2.44. The molecule has 4 rings (SSSR count). The van der Waals surface area contributed by atoms with Gasteiger partial charge < -0.3 is 21.1 Å². The van der Waals surface area contributed by atoms with Crippen LogP contribution in [0.15, 0.2) is 77.7 Å². The van der Waals surface area contributed by atoms with Crippen LogP contribution in [0.2, 0.25) is 5.02 Å². The zero-order chi connectivity index (χ0) is 36.0. The standard InChI is InChI=1S/C36H46ClN5O6S/c1-23(2)19-40(49(47,48)28-15-16-29(37)30(38)18-28)21-32(43)31(17-26-9-7-6-8-10-26)39-35(45)34(24(3)4)42-22-33(44)41(36(42)46)20-27-13-11-25(5)12-14-27/h6-16,18,23-24,31-32,34,43H,17,19-22,38H2,1-5H3,(H,39,45)/t31-,32+,34-/m0/s1. The van der Waals surface area contributed by atoms with Crippen molar-refractivity contribution in [3.05, 3.63) is 94.5 Å². The van der Waals surface area contributed by atoms with Crippen molar-refractivity contribution in [3.63, 3.8) is 0 Å². The van der Waals surface area contributed by atoms with Gasteiger partial charge in [0.05, 0.1) is 34.3 Å². The summed E-state index contributed by atoms with van der Waals surface area (Å²) in [4.78, 5) is 43.1. The quantitative estimate of drug-likeness (QED) is 0.156. The molecule has 1 fully saturated rings. The maximum absolute atomic E-state index is 14.1. The number of aliphatic hydroxyl groups is 1. The van der Waals surface area contributed by atoms with E-state index in [0.717, 1.165) is 21.6 Å². The summed E-state index contributed by atoms with van der Waals surface area (Å²) < 4.78 is 28.9. The van der Waals surface area contributed by atoms with Gasteiger partial charge in [0.1, 0.15) is 12.6 Å². The maximum atomic E-state index is 14.1. The van der Waals surface area contributed by atoms with Crippen LogP contribution in [0.1, 0.15) is 44.4 Å². The van der Waals surface area contributed by atoms with Crippen LogP contribution >= 0.6 is 11.6 Å². The summed E-state index contributed by atoms with van der Waals surface area (Å²) in [6, 6.07) is 18.2. The number of aryl methyl sites for hydroxylation is 1. The zero-order valence-electron chi connectivity index (χ0n) is 28.5. The summed E-state index contributed by atoms with van der Waals surface area (Å²) >= 11 is 6.05. The van der Waals surface area contributed by atoms with Gasteiger partial charge in [-0.25, -0.2) is 13.2 Å². The number of nitrogens with one attached hydrogen (secondary N) is 1. The Hall–Kier alpha value is -3.97. The van der Waals surface area contributed by atoms with Crippen molar-refractivity contribution in [2.45, 2.75) is 70.7 Å². The van der Waals surface area contributed by atoms with E-state index >= 15 is 0 Å². The molecule has 0 bridgehead atoms. The average molecular weight is 712 g/mol. The number of anilines is 1. The van der Waals surface area contributed by atoms with E-state index in [9.17, 15) is 27.9 Å². The molecule has 1 aliphatic heterocycles. The largest absolute Gasteiger partial charge is 0.397 e. The fourth-order valence-electron chi connectivity index (χ4n) is 5.88. The number of aliphatic hydroxyl groups excluding tert-OH is 1. The molecule has 1 aliphatic rings. The van der Waals surface area contributed by atoms with E-state index < -0.39 is 52.0 Å². The van der Waals surface area contributed by atoms with Gasteiger partial charge in [0, 0.05) is 13.1 Å². The second kappa shape index (κ2) is 16.2. The second-order valence-corrected chi connectivity index (χ2v) is 15.7. The molecule has 0 spiro atoms. The Morgan fingerprint density at radius 1 is 0.980 bits per heavy atom. The highest BCUT2D eigenvalue weighted by Crippen LogP contribution is 2.26. The van der Waals surface area contributed by atoms with Gasteiger partial charge in [-0.05, 0) is 54.5 Å². The molecular formula is C36H46ClN5O6S. The SMILES string of the molecule is Cc1ccc(CN2C(=O)CN([C@H](C(=O)N[C@@H](Cc3ccccc3)[C@H](O)CN(CC(C)C)S(=O)(=O)c3ccc(Cl)c(N)c3)C(C)C)C2=O)cc1. The Morgan fingerprint density at radius 3 is 2.22 bits per heavy atom. The third-order valence-corrected chi connectivity index (χ3v) is 10.6. The van der Waals surface area contributed by atoms with Crippen LogP contribution in [0.4, 0.5) is 10.5 Å². The molecule has 0 unspecified atom stereocenters. The Kier molecular flexibility index (Phi) is 12.5. The zero-order valence-corrected chi connectivity index (χ0v) is 30.1. The fourth-order valence-corrected chi connectivity index (χ4v) is 7.65. The molecular weight excluding hydrogens is 666 g/mol. The molecule has 0 aromatic heterocycles. The highest BCUT2D eigenvalue weighted by molar-refractivity contribution is 7.89. The molecule has 11 nitrogen and oxygen atoms in total. The van der Waals surface area contributed by atoms with Crippen molar-refractivity contribution in [1.82, 2.24) is 19.4 Å². The molecule has 0 saturated carbocycles. The number of nitrogen functional groups attached to an aromatic ring is 1. The number of hydrogen-bond acceptors (Lipinski definition) is 7. The number of amides is 4. The summed E-state index contributed by atoms with van der Waals surface area (Å²) in [7, 11) is -4.13. The first-order valence-electron chi connectivity index (χ1n) is 16.3. The first-order valence-corrected chi connectivity index (χ1v) is 18.1. The lowest BCUT2D eigenvalue weighted by atomic mass is 9.97. The molecule has 0 aliphatic carbocycles. The summed E-state index contributed by atoms with van der Waals surface area (Å²) in [6.07, 6.45) is -1.18. The van der Waals surface area contributed by atoms with Crippen LogP contribution in [0, 0.1) is 18.8 Å². The molecule has 1 heterocycles. The van der Waals surface area contributed by atoms with E-state index in [2.05, 4.69) is 5.32 Å². The Bertz CT molecular complexity index is 1740. The first-order chi connectivity index (χ1) is 23.1. The lowest BCUT2D eigenvalue weighted by Crippen LogP contribution is -2.57. The van der Waals surface area contributed by atoms with Crippen LogP contribution in [-0.2, 0) is 32.6 Å². The number of sulfonamides is 1. The van der Waals surface area contributed by atoms with E-state index in [1.165, 1.54) is 27.4 Å². The second-order valence-electron chi connectivity index (χ2n) is 13.3. The number of nitrogens with two attached hydrogens (primary N) is 1. The van der Waals surface area contributed by atoms with Crippen molar-refractivity contribution >= 4 is 45.2 Å². The molecule has 1 saturated heterocycles. The number of imide groups is 1. The van der Waals surface area contributed by atoms with Crippen LogP contribution in [0.3, 0.4) is 0 Å². The molecule has 4 amide bonds. The molecule has 3 aromatic carbocycles. The van der Waals surface area contributed by atoms with Gasteiger partial charge in [-0.1, -0.05) is 99.5 Å². The maximum Gasteiger partial charge on any atom is 0.328 e. The predicted molar refractivity (Wildman–Crippen MR) is 190 cm³/mol. The summed E-state index contributed by atoms with van der Waals surface area (Å²) in [5, 5.41) is 14.9. The van der Waals surface area contributed by atoms with Gasteiger partial charge in [0.25, 0.3) is 5.91 Å². The van der Waals surface area contributed by atoms with Crippen LogP contribution in [0.25, 0.3) is 0 Å². The van der Waals surface area contributed by atoms with Gasteiger partial charge in [-0.15, -0.1) is 0 Å². The molecule has 264 valence electrons. The van der Waals surface area contributed by atoms with Crippen LogP contribution < -0.4 is 11.1 Å². The number of halogens is 1. The molecule has 13 heteroatoms. The van der Waals surface area contributed by atoms with Crippen molar-refractivity contribution in [2.75, 3.05) is 25.4 Å². The van der Waals surface area contributed by atoms with E-state index in [0.29, 0.717) is 0 Å². The number of carbonyl (C=O) groups is 3. The van der Waals surface area contributed by atoms with E-state index in [-0.39, 0.29) is 54.1 Å². The summed E-state index contributed by atoms with van der Waals surface area (Å²) in [6.45, 7) is 8.79. The van der Waals surface area contributed by atoms with E-state index in [1.54, 1.807) is 13.8 Å². The number of benzene rings is 3. The van der Waals surface area contributed by atoms with Gasteiger partial charge in [-0.2, -0.15) is 4.31 Å². The first kappa shape index (κ1) is 37.8. The monoisotopic (exact) mass is 711 g/mol. The number of rotatable bonds is 15. The van der Waals surface area contributed by atoms with Crippen LogP contribution in [0.5, 0.6) is 0 Å². The van der Waals surface area contributed by atoms with Crippen molar-refractivity contribution in [3.8, 4) is 0 Å². The Balaban J connectivity index is 1.60. The van der Waals surface area contributed by atoms with Gasteiger partial charge >= 0.3 is 6.03 Å². The predicted octanol–water partition coefficient (Wildman–Crippen LogP) is 4.45. The van der Waals surface area contributed by atoms with Gasteiger partial charge in [0.15, 0.2) is 0 Å². The highest BCUT2D eigenvalue weighted by atomic mass is 35.5. The molecule has 3 atom stereocenters. The number of nitrogens with zero attached hydrogens (tertiary/aromatic N) is 3. The topological polar surface area (TPSA) is 153 Å². The van der Waals surface area contributed by atoms with Gasteiger partial charge in [0.2, 0.25) is 15.9 Å². The van der Waals surface area contributed by atoms with Crippen molar-refractivity contribution in [2.24, 2.45) is 11.8 Å². The fraction of sp³-hybridized carbons (Fsp3) is 0.417. The average Bonchev–Trinajstić information content (AvgIpc) is 3.30. The molecule has 49 heavy (non-hydrogen) atoms. The van der Waals surface area contributed by atoms with E-state index in [4.69, 9.17) is 17.3 Å². The third kappa shape index (κ3) is 9.39. The van der Waals surface area contributed by atoms with Crippen molar-refractivity contribution in [1.29, 1.82) is 0 Å². The Morgan fingerprint density at radius 2 is 1.63 bits per heavy atom. The smallest absolute Gasteiger partial charge is 0.328 e. The summed E-state index contributed by atoms with van der Waals surface area (Å²) in [5.41, 5.74) is 8.66. The van der Waals surface area contributed by atoms with Crippen LogP contribution in [-0.4, -0.2) is 83.3 Å². The number of carbonyl (C=O) groups excluding carboxylic acids is 3. The molecule has 0 radical (unpaired) electrons. The minimum atomic E-state index is -4.13. The van der Waals surface area contributed by atoms with Crippen molar-refractivity contribution < 1.29 is 27.9 Å². The molecule has 4 N–H and O–H groups in total. The minimum absolute atomic E-state index is 0.0711. The number of urea groups is 1. The lowest BCUT2D eigenvalue weighted by Gasteiger charge is -2.34. The Labute approximate surface area is 294 Å². The molecule has 3 aromatic rings. The summed E-state index contributed by atoms with van der Waals surface area (Å²) in [5.74, 6) is -1.46. The minimum Gasteiger partial charge on any atom is -0.397 e. The third-order valence-electron chi connectivity index (χ3n) is 8.44. The number of hydrogen-bond donors (Lipinski definition) is 3. The van der Waals surface area contributed by atoms with E-state index in [1.807, 2.05) is 75.4 Å². The normalized spacial score (nSPS) is 15.7. The van der Waals surface area contributed by atoms with Gasteiger partial charge in [-0.3, -0.25) is 14.5 Å². The lowest BCUT2D eigenvalue weighted by molar-refractivity contribution is -0.129.